The molecule has 1 fully saturated rings. The Kier molecular flexibility index (Phi) is 6.12. The Morgan fingerprint density at radius 3 is 2.50 bits per heavy atom. The zero-order chi connectivity index (χ0) is 13.5. The first kappa shape index (κ1) is 15.0. The summed E-state index contributed by atoms with van der Waals surface area (Å²) in [5.41, 5.74) is 5.79. The van der Waals surface area contributed by atoms with Gasteiger partial charge in [-0.05, 0) is 26.2 Å². The van der Waals surface area contributed by atoms with E-state index in [2.05, 4.69) is 5.32 Å². The Labute approximate surface area is 109 Å². The highest BCUT2D eigenvalue weighted by atomic mass is 16.2. The normalized spacial score (nSPS) is 18.5. The lowest BCUT2D eigenvalue weighted by Crippen LogP contribution is -2.43. The molecule has 1 heterocycles. The number of nitrogens with one attached hydrogen (secondary N) is 1. The molecule has 5 heteroatoms. The molecule has 3 N–H and O–H groups in total. The molecule has 1 rings (SSSR count). The van der Waals surface area contributed by atoms with E-state index >= 15 is 0 Å². The van der Waals surface area contributed by atoms with Crippen LogP contribution in [0.25, 0.3) is 0 Å². The van der Waals surface area contributed by atoms with Crippen molar-refractivity contribution in [2.24, 2.45) is 5.73 Å². The van der Waals surface area contributed by atoms with E-state index in [-0.39, 0.29) is 30.3 Å². The minimum Gasteiger partial charge on any atom is -0.354 e. The highest BCUT2D eigenvalue weighted by Gasteiger charge is 2.20. The van der Waals surface area contributed by atoms with Crippen LogP contribution >= 0.6 is 0 Å². The van der Waals surface area contributed by atoms with E-state index in [1.54, 1.807) is 0 Å². The standard InChI is InChI=1S/C13H25N3O2/c1-3-10(2)15-12(17)4-5-13(18)16-8-6-11(14)7-9-16/h10-11H,3-9,14H2,1-2H3,(H,15,17). The molecular weight excluding hydrogens is 230 g/mol. The van der Waals surface area contributed by atoms with Crippen molar-refractivity contribution in [2.45, 2.75) is 58.0 Å². The van der Waals surface area contributed by atoms with Gasteiger partial charge in [0.05, 0.1) is 0 Å². The van der Waals surface area contributed by atoms with E-state index in [4.69, 9.17) is 5.73 Å². The molecule has 0 radical (unpaired) electrons. The maximum Gasteiger partial charge on any atom is 0.223 e. The lowest BCUT2D eigenvalue weighted by atomic mass is 10.1. The third-order valence-electron chi connectivity index (χ3n) is 3.48. The molecule has 0 aromatic carbocycles. The largest absolute Gasteiger partial charge is 0.354 e. The number of hydrogen-bond acceptors (Lipinski definition) is 3. The van der Waals surface area contributed by atoms with Crippen molar-refractivity contribution in [3.05, 3.63) is 0 Å². The van der Waals surface area contributed by atoms with Crippen molar-refractivity contribution in [3.63, 3.8) is 0 Å². The fourth-order valence-electron chi connectivity index (χ4n) is 1.98. The van der Waals surface area contributed by atoms with Gasteiger partial charge in [0.1, 0.15) is 0 Å². The van der Waals surface area contributed by atoms with Crippen LogP contribution in [0.3, 0.4) is 0 Å². The number of likely N-dealkylation sites (tertiary alicyclic amines) is 1. The molecule has 0 saturated carbocycles. The molecule has 1 unspecified atom stereocenters. The lowest BCUT2D eigenvalue weighted by Gasteiger charge is -2.30. The number of hydrogen-bond donors (Lipinski definition) is 2. The topological polar surface area (TPSA) is 75.4 Å². The molecule has 0 aromatic rings. The van der Waals surface area contributed by atoms with Gasteiger partial charge < -0.3 is 16.0 Å². The number of rotatable bonds is 5. The molecule has 0 bridgehead atoms. The Bertz CT molecular complexity index is 286. The minimum atomic E-state index is -0.0357. The minimum absolute atomic E-state index is 0.0357. The van der Waals surface area contributed by atoms with E-state index in [9.17, 15) is 9.59 Å². The first-order chi connectivity index (χ1) is 8.52. The van der Waals surface area contributed by atoms with Crippen LogP contribution in [0, 0.1) is 0 Å². The van der Waals surface area contributed by atoms with Gasteiger partial charge in [-0.2, -0.15) is 0 Å². The quantitative estimate of drug-likeness (QED) is 0.756. The van der Waals surface area contributed by atoms with Gasteiger partial charge in [-0.1, -0.05) is 6.92 Å². The lowest BCUT2D eigenvalue weighted by molar-refractivity contribution is -0.134. The summed E-state index contributed by atoms with van der Waals surface area (Å²) in [5.74, 6) is 0.0348. The van der Waals surface area contributed by atoms with Crippen molar-refractivity contribution in [3.8, 4) is 0 Å². The predicted molar refractivity (Wildman–Crippen MR) is 70.9 cm³/mol. The van der Waals surface area contributed by atoms with E-state index in [0.29, 0.717) is 6.42 Å². The second kappa shape index (κ2) is 7.36. The monoisotopic (exact) mass is 255 g/mol. The van der Waals surface area contributed by atoms with Crippen molar-refractivity contribution in [1.82, 2.24) is 10.2 Å². The summed E-state index contributed by atoms with van der Waals surface area (Å²) in [6, 6.07) is 0.406. The summed E-state index contributed by atoms with van der Waals surface area (Å²) in [6.07, 6.45) is 3.22. The zero-order valence-corrected chi connectivity index (χ0v) is 11.4. The van der Waals surface area contributed by atoms with Crippen molar-refractivity contribution >= 4 is 11.8 Å². The van der Waals surface area contributed by atoms with Crippen molar-refractivity contribution < 1.29 is 9.59 Å². The van der Waals surface area contributed by atoms with Crippen molar-refractivity contribution in [2.75, 3.05) is 13.1 Å². The Hall–Kier alpha value is -1.10. The molecule has 1 aliphatic heterocycles. The number of piperidine rings is 1. The average molecular weight is 255 g/mol. The Balaban J connectivity index is 2.22. The summed E-state index contributed by atoms with van der Waals surface area (Å²) >= 11 is 0. The van der Waals surface area contributed by atoms with Gasteiger partial charge in [-0.25, -0.2) is 0 Å². The third-order valence-corrected chi connectivity index (χ3v) is 3.48. The zero-order valence-electron chi connectivity index (χ0n) is 11.4. The van der Waals surface area contributed by atoms with Gasteiger partial charge in [0.2, 0.25) is 11.8 Å². The molecule has 18 heavy (non-hydrogen) atoms. The summed E-state index contributed by atoms with van der Waals surface area (Å²) < 4.78 is 0. The first-order valence-corrected chi connectivity index (χ1v) is 6.85. The van der Waals surface area contributed by atoms with Gasteiger partial charge >= 0.3 is 0 Å². The van der Waals surface area contributed by atoms with E-state index in [1.165, 1.54) is 0 Å². The molecule has 2 amide bonds. The summed E-state index contributed by atoms with van der Waals surface area (Å²) in [6.45, 7) is 5.44. The molecule has 0 aromatic heterocycles. The molecule has 1 aliphatic rings. The van der Waals surface area contributed by atoms with Gasteiger partial charge in [-0.15, -0.1) is 0 Å². The van der Waals surface area contributed by atoms with Gasteiger partial charge in [0.25, 0.3) is 0 Å². The molecule has 1 atom stereocenters. The number of carbonyl (C=O) groups is 2. The summed E-state index contributed by atoms with van der Waals surface area (Å²) in [7, 11) is 0. The van der Waals surface area contributed by atoms with Crippen molar-refractivity contribution in [1.29, 1.82) is 0 Å². The van der Waals surface area contributed by atoms with Crippen LogP contribution in [-0.4, -0.2) is 41.9 Å². The number of amides is 2. The van der Waals surface area contributed by atoms with Gasteiger partial charge in [0, 0.05) is 38.0 Å². The second-order valence-corrected chi connectivity index (χ2v) is 5.10. The second-order valence-electron chi connectivity index (χ2n) is 5.10. The molecule has 0 spiro atoms. The highest BCUT2D eigenvalue weighted by Crippen LogP contribution is 2.10. The van der Waals surface area contributed by atoms with Crippen LogP contribution in [0.15, 0.2) is 0 Å². The summed E-state index contributed by atoms with van der Waals surface area (Å²) in [5, 5.41) is 2.87. The average Bonchev–Trinajstić information content (AvgIpc) is 2.36. The van der Waals surface area contributed by atoms with Gasteiger partial charge in [0.15, 0.2) is 0 Å². The highest BCUT2D eigenvalue weighted by molar-refractivity contribution is 5.83. The smallest absolute Gasteiger partial charge is 0.223 e. The van der Waals surface area contributed by atoms with E-state index in [1.807, 2.05) is 18.7 Å². The number of nitrogens with zero attached hydrogens (tertiary/aromatic N) is 1. The molecule has 5 nitrogen and oxygen atoms in total. The van der Waals surface area contributed by atoms with Crippen LogP contribution in [0.1, 0.15) is 46.0 Å². The third kappa shape index (κ3) is 5.04. The van der Waals surface area contributed by atoms with Crippen LogP contribution in [0.5, 0.6) is 0 Å². The molecular formula is C13H25N3O2. The van der Waals surface area contributed by atoms with Gasteiger partial charge in [-0.3, -0.25) is 9.59 Å². The summed E-state index contributed by atoms with van der Waals surface area (Å²) in [4.78, 5) is 25.2. The van der Waals surface area contributed by atoms with Crippen LogP contribution < -0.4 is 11.1 Å². The Morgan fingerprint density at radius 1 is 1.33 bits per heavy atom. The Morgan fingerprint density at radius 2 is 1.94 bits per heavy atom. The maximum absolute atomic E-state index is 11.9. The fourth-order valence-corrected chi connectivity index (χ4v) is 1.98. The van der Waals surface area contributed by atoms with Crippen LogP contribution in [0.2, 0.25) is 0 Å². The molecule has 104 valence electrons. The maximum atomic E-state index is 11.9. The van der Waals surface area contributed by atoms with E-state index in [0.717, 1.165) is 32.4 Å². The number of carbonyl (C=O) groups excluding carboxylic acids is 2. The van der Waals surface area contributed by atoms with Crippen LogP contribution in [-0.2, 0) is 9.59 Å². The first-order valence-electron chi connectivity index (χ1n) is 6.85. The molecule has 1 saturated heterocycles. The van der Waals surface area contributed by atoms with Crippen LogP contribution in [0.4, 0.5) is 0 Å². The number of nitrogens with two attached hydrogens (primary N) is 1. The predicted octanol–water partition coefficient (Wildman–Crippen LogP) is 0.631. The SMILES string of the molecule is CCC(C)NC(=O)CCC(=O)N1CCC(N)CC1. The fraction of sp³-hybridized carbons (Fsp3) is 0.846. The molecule has 0 aliphatic carbocycles. The van der Waals surface area contributed by atoms with E-state index < -0.39 is 0 Å².